The first-order valence-corrected chi connectivity index (χ1v) is 9.09. The number of hydrogen-bond donors (Lipinski definition) is 1. The first kappa shape index (κ1) is 19.5. The summed E-state index contributed by atoms with van der Waals surface area (Å²) in [7, 11) is 5.09. The second kappa shape index (κ2) is 8.61. The van der Waals surface area contributed by atoms with E-state index in [0.717, 1.165) is 17.0 Å². The molecule has 6 heteroatoms. The van der Waals surface area contributed by atoms with Crippen LogP contribution in [0.3, 0.4) is 0 Å². The molecule has 1 N–H and O–H groups in total. The monoisotopic (exact) mass is 379 g/mol. The van der Waals surface area contributed by atoms with Crippen molar-refractivity contribution in [2.24, 2.45) is 7.05 Å². The molecule has 0 radical (unpaired) electrons. The summed E-state index contributed by atoms with van der Waals surface area (Å²) in [5, 5.41) is 3.14. The Morgan fingerprint density at radius 2 is 1.75 bits per heavy atom. The SMILES string of the molecule is COc1ccc([C@@H](NC(=O)[C@@H](C)c2ccccc2)c2nccn2C)cc1OC. The highest BCUT2D eigenvalue weighted by Crippen LogP contribution is 2.32. The normalized spacial score (nSPS) is 12.9. The van der Waals surface area contributed by atoms with Crippen molar-refractivity contribution in [2.75, 3.05) is 14.2 Å². The van der Waals surface area contributed by atoms with Crippen LogP contribution in [0.2, 0.25) is 0 Å². The van der Waals surface area contributed by atoms with Crippen molar-refractivity contribution in [2.45, 2.75) is 18.9 Å². The van der Waals surface area contributed by atoms with Crippen LogP contribution >= 0.6 is 0 Å². The van der Waals surface area contributed by atoms with Crippen LogP contribution in [0.15, 0.2) is 60.9 Å². The predicted octanol–water partition coefficient (Wildman–Crippen LogP) is 3.45. The Hall–Kier alpha value is -3.28. The first-order chi connectivity index (χ1) is 13.5. The highest BCUT2D eigenvalue weighted by Gasteiger charge is 2.25. The molecule has 2 aromatic carbocycles. The summed E-state index contributed by atoms with van der Waals surface area (Å²) in [6.45, 7) is 1.90. The molecule has 2 atom stereocenters. The molecule has 0 unspecified atom stereocenters. The molecule has 1 aromatic heterocycles. The van der Waals surface area contributed by atoms with Gasteiger partial charge in [-0.2, -0.15) is 0 Å². The fourth-order valence-corrected chi connectivity index (χ4v) is 3.14. The molecular formula is C22H25N3O3. The number of benzene rings is 2. The van der Waals surface area contributed by atoms with Gasteiger partial charge in [-0.25, -0.2) is 4.98 Å². The molecule has 146 valence electrons. The van der Waals surface area contributed by atoms with E-state index in [2.05, 4.69) is 10.3 Å². The number of aromatic nitrogens is 2. The number of aryl methyl sites for hydroxylation is 1. The maximum absolute atomic E-state index is 13.0. The Balaban J connectivity index is 1.95. The van der Waals surface area contributed by atoms with Crippen LogP contribution in [0.25, 0.3) is 0 Å². The zero-order valence-electron chi connectivity index (χ0n) is 16.5. The molecule has 0 saturated carbocycles. The lowest BCUT2D eigenvalue weighted by atomic mass is 9.98. The van der Waals surface area contributed by atoms with Crippen molar-refractivity contribution >= 4 is 5.91 Å². The Morgan fingerprint density at radius 3 is 2.36 bits per heavy atom. The van der Waals surface area contributed by atoms with Gasteiger partial charge in [-0.15, -0.1) is 0 Å². The minimum atomic E-state index is -0.418. The zero-order valence-corrected chi connectivity index (χ0v) is 16.5. The average Bonchev–Trinajstić information content (AvgIpc) is 3.16. The van der Waals surface area contributed by atoms with Gasteiger partial charge in [-0.3, -0.25) is 4.79 Å². The van der Waals surface area contributed by atoms with Gasteiger partial charge in [-0.05, 0) is 30.2 Å². The second-order valence-corrected chi connectivity index (χ2v) is 6.58. The van der Waals surface area contributed by atoms with Crippen molar-refractivity contribution in [3.8, 4) is 11.5 Å². The molecule has 0 aliphatic carbocycles. The summed E-state index contributed by atoms with van der Waals surface area (Å²) in [5.74, 6) is 1.61. The molecule has 0 bridgehead atoms. The van der Waals surface area contributed by atoms with Gasteiger partial charge in [0.15, 0.2) is 11.5 Å². The van der Waals surface area contributed by atoms with Crippen LogP contribution in [-0.2, 0) is 11.8 Å². The minimum absolute atomic E-state index is 0.0750. The van der Waals surface area contributed by atoms with Gasteiger partial charge < -0.3 is 19.4 Å². The molecule has 3 rings (SSSR count). The third-order valence-electron chi connectivity index (χ3n) is 4.84. The topological polar surface area (TPSA) is 65.4 Å². The van der Waals surface area contributed by atoms with Crippen molar-refractivity contribution in [1.82, 2.24) is 14.9 Å². The summed E-state index contributed by atoms with van der Waals surface area (Å²) in [6.07, 6.45) is 3.58. The smallest absolute Gasteiger partial charge is 0.228 e. The molecule has 28 heavy (non-hydrogen) atoms. The summed E-state index contributed by atoms with van der Waals surface area (Å²) >= 11 is 0. The number of nitrogens with zero attached hydrogens (tertiary/aromatic N) is 2. The van der Waals surface area contributed by atoms with E-state index in [0.29, 0.717) is 11.5 Å². The average molecular weight is 379 g/mol. The number of imidazole rings is 1. The molecule has 0 saturated heterocycles. The lowest BCUT2D eigenvalue weighted by Crippen LogP contribution is -2.34. The van der Waals surface area contributed by atoms with E-state index in [1.54, 1.807) is 20.4 Å². The van der Waals surface area contributed by atoms with E-state index in [4.69, 9.17) is 9.47 Å². The van der Waals surface area contributed by atoms with E-state index in [-0.39, 0.29) is 11.8 Å². The van der Waals surface area contributed by atoms with Crippen LogP contribution in [0, 0.1) is 0 Å². The molecule has 6 nitrogen and oxygen atoms in total. The largest absolute Gasteiger partial charge is 0.493 e. The number of carbonyl (C=O) groups excluding carboxylic acids is 1. The molecular weight excluding hydrogens is 354 g/mol. The number of methoxy groups -OCH3 is 2. The maximum Gasteiger partial charge on any atom is 0.228 e. The lowest BCUT2D eigenvalue weighted by molar-refractivity contribution is -0.122. The third-order valence-corrected chi connectivity index (χ3v) is 4.84. The van der Waals surface area contributed by atoms with Crippen LogP contribution in [0.4, 0.5) is 0 Å². The molecule has 1 amide bonds. The van der Waals surface area contributed by atoms with Gasteiger partial charge in [-0.1, -0.05) is 36.4 Å². The van der Waals surface area contributed by atoms with Crippen molar-refractivity contribution in [1.29, 1.82) is 0 Å². The molecule has 0 fully saturated rings. The first-order valence-electron chi connectivity index (χ1n) is 9.09. The third kappa shape index (κ3) is 4.01. The number of amides is 1. The van der Waals surface area contributed by atoms with Crippen LogP contribution in [0.1, 0.15) is 35.8 Å². The fraction of sp³-hybridized carbons (Fsp3) is 0.273. The second-order valence-electron chi connectivity index (χ2n) is 6.58. The lowest BCUT2D eigenvalue weighted by Gasteiger charge is -2.22. The number of ether oxygens (including phenoxy) is 2. The summed E-state index contributed by atoms with van der Waals surface area (Å²) in [4.78, 5) is 17.5. The summed E-state index contributed by atoms with van der Waals surface area (Å²) in [5.41, 5.74) is 1.83. The standard InChI is InChI=1S/C22H25N3O3/c1-15(16-8-6-5-7-9-16)22(26)24-20(21-23-12-13-25(21)2)17-10-11-18(27-3)19(14-17)28-4/h5-15,20H,1-4H3,(H,24,26)/t15-,20+/m0/s1. The van der Waals surface area contributed by atoms with Gasteiger partial charge in [0.2, 0.25) is 5.91 Å². The maximum atomic E-state index is 13.0. The summed E-state index contributed by atoms with van der Waals surface area (Å²) < 4.78 is 12.7. The van der Waals surface area contributed by atoms with Crippen molar-refractivity contribution < 1.29 is 14.3 Å². The van der Waals surface area contributed by atoms with E-state index in [1.807, 2.05) is 73.3 Å². The van der Waals surface area contributed by atoms with E-state index >= 15 is 0 Å². The number of hydrogen-bond acceptors (Lipinski definition) is 4. The summed E-state index contributed by atoms with van der Waals surface area (Å²) in [6, 6.07) is 14.9. The van der Waals surface area contributed by atoms with Crippen LogP contribution in [-0.4, -0.2) is 29.7 Å². The van der Waals surface area contributed by atoms with Gasteiger partial charge in [0.25, 0.3) is 0 Å². The molecule has 0 spiro atoms. The minimum Gasteiger partial charge on any atom is -0.493 e. The van der Waals surface area contributed by atoms with Crippen LogP contribution < -0.4 is 14.8 Å². The number of carbonyl (C=O) groups is 1. The zero-order chi connectivity index (χ0) is 20.1. The highest BCUT2D eigenvalue weighted by atomic mass is 16.5. The number of nitrogens with one attached hydrogen (secondary N) is 1. The fourth-order valence-electron chi connectivity index (χ4n) is 3.14. The number of rotatable bonds is 7. The Kier molecular flexibility index (Phi) is 5.99. The van der Waals surface area contributed by atoms with Gasteiger partial charge in [0, 0.05) is 19.4 Å². The molecule has 0 aliphatic rings. The van der Waals surface area contributed by atoms with E-state index in [9.17, 15) is 4.79 Å². The molecule has 0 aliphatic heterocycles. The Bertz CT molecular complexity index is 937. The molecule has 1 heterocycles. The van der Waals surface area contributed by atoms with Crippen molar-refractivity contribution in [3.05, 3.63) is 77.9 Å². The van der Waals surface area contributed by atoms with E-state index < -0.39 is 6.04 Å². The Labute approximate surface area is 165 Å². The quantitative estimate of drug-likeness (QED) is 0.683. The van der Waals surface area contributed by atoms with Gasteiger partial charge >= 0.3 is 0 Å². The van der Waals surface area contributed by atoms with E-state index in [1.165, 1.54) is 0 Å². The highest BCUT2D eigenvalue weighted by molar-refractivity contribution is 5.83. The molecule has 3 aromatic rings. The predicted molar refractivity (Wildman–Crippen MR) is 108 cm³/mol. The van der Waals surface area contributed by atoms with Crippen LogP contribution in [0.5, 0.6) is 11.5 Å². The Morgan fingerprint density at radius 1 is 1.04 bits per heavy atom. The van der Waals surface area contributed by atoms with Gasteiger partial charge in [0.05, 0.1) is 20.1 Å². The van der Waals surface area contributed by atoms with Gasteiger partial charge in [0.1, 0.15) is 11.9 Å². The van der Waals surface area contributed by atoms with Crippen molar-refractivity contribution in [3.63, 3.8) is 0 Å².